The molecule has 0 spiro atoms. The first kappa shape index (κ1) is 8.17. The molecule has 0 aliphatic carbocycles. The third-order valence-corrected chi connectivity index (χ3v) is 2.17. The summed E-state index contributed by atoms with van der Waals surface area (Å²) in [6, 6.07) is 4.18. The fourth-order valence-corrected chi connectivity index (χ4v) is 1.57. The Morgan fingerprint density at radius 1 is 1.00 bits per heavy atom. The van der Waals surface area contributed by atoms with Gasteiger partial charge in [-0.15, -0.1) is 0 Å². The lowest BCUT2D eigenvalue weighted by Gasteiger charge is -2.03. The van der Waals surface area contributed by atoms with Gasteiger partial charge in [-0.1, -0.05) is 0 Å². The minimum absolute atomic E-state index is 0.989. The molecule has 2 aromatic heterocycles. The second kappa shape index (κ2) is 2.80. The summed E-state index contributed by atoms with van der Waals surface area (Å²) < 4.78 is 0. The normalized spacial score (nSPS) is 10.7. The maximum absolute atomic E-state index is 4.42. The second-order valence-electron chi connectivity index (χ2n) is 3.42. The quantitative estimate of drug-likeness (QED) is 0.610. The monoisotopic (exact) mass is 172 g/mol. The number of aryl methyl sites for hydroxylation is 3. The van der Waals surface area contributed by atoms with Crippen LogP contribution in [0.4, 0.5) is 0 Å². The van der Waals surface area contributed by atoms with Gasteiger partial charge in [-0.3, -0.25) is 9.97 Å². The van der Waals surface area contributed by atoms with E-state index >= 15 is 0 Å². The molecule has 0 aliphatic rings. The summed E-state index contributed by atoms with van der Waals surface area (Å²) in [7, 11) is 0. The molecule has 0 saturated carbocycles. The van der Waals surface area contributed by atoms with Gasteiger partial charge in [0.25, 0.3) is 0 Å². The first-order chi connectivity index (χ1) is 6.16. The molecule has 0 unspecified atom stereocenters. The zero-order valence-electron chi connectivity index (χ0n) is 8.13. The van der Waals surface area contributed by atoms with E-state index in [0.29, 0.717) is 0 Å². The van der Waals surface area contributed by atoms with Crippen molar-refractivity contribution in [3.63, 3.8) is 0 Å². The van der Waals surface area contributed by atoms with Gasteiger partial charge in [0.1, 0.15) is 0 Å². The van der Waals surface area contributed by atoms with Crippen LogP contribution in [0.1, 0.15) is 17.0 Å². The minimum atomic E-state index is 0.989. The molecule has 13 heavy (non-hydrogen) atoms. The largest absolute Gasteiger partial charge is 0.259 e. The first-order valence-electron chi connectivity index (χ1n) is 4.37. The Labute approximate surface area is 77.6 Å². The summed E-state index contributed by atoms with van der Waals surface area (Å²) in [5.74, 6) is 0. The summed E-state index contributed by atoms with van der Waals surface area (Å²) in [6.45, 7) is 6.11. The number of rotatable bonds is 0. The van der Waals surface area contributed by atoms with Crippen molar-refractivity contribution >= 4 is 10.9 Å². The second-order valence-corrected chi connectivity index (χ2v) is 3.42. The minimum Gasteiger partial charge on any atom is -0.259 e. The Kier molecular flexibility index (Phi) is 1.76. The van der Waals surface area contributed by atoms with E-state index in [1.807, 2.05) is 20.0 Å². The highest BCUT2D eigenvalue weighted by Crippen LogP contribution is 2.17. The predicted octanol–water partition coefficient (Wildman–Crippen LogP) is 2.56. The summed E-state index contributed by atoms with van der Waals surface area (Å²) in [5.41, 5.74) is 4.35. The molecular formula is C11H12N2. The van der Waals surface area contributed by atoms with Gasteiger partial charge in [-0.2, -0.15) is 0 Å². The maximum Gasteiger partial charge on any atom is 0.0891 e. The van der Waals surface area contributed by atoms with Crippen molar-refractivity contribution in [2.75, 3.05) is 0 Å². The number of fused-ring (bicyclic) bond motifs is 1. The third kappa shape index (κ3) is 1.39. The van der Waals surface area contributed by atoms with Gasteiger partial charge < -0.3 is 0 Å². The first-order valence-corrected chi connectivity index (χ1v) is 4.37. The molecule has 2 nitrogen and oxygen atoms in total. The third-order valence-electron chi connectivity index (χ3n) is 2.17. The molecule has 0 N–H and O–H groups in total. The van der Waals surface area contributed by atoms with Crippen molar-refractivity contribution in [3.8, 4) is 0 Å². The molecule has 0 atom stereocenters. The maximum atomic E-state index is 4.42. The van der Waals surface area contributed by atoms with Crippen molar-refractivity contribution < 1.29 is 0 Å². The lowest BCUT2D eigenvalue weighted by Crippen LogP contribution is -1.89. The molecular weight excluding hydrogens is 160 g/mol. The van der Waals surface area contributed by atoms with Crippen LogP contribution in [-0.2, 0) is 0 Å². The topological polar surface area (TPSA) is 25.8 Å². The van der Waals surface area contributed by atoms with E-state index in [1.54, 1.807) is 0 Å². The van der Waals surface area contributed by atoms with E-state index < -0.39 is 0 Å². The average molecular weight is 172 g/mol. The van der Waals surface area contributed by atoms with Crippen molar-refractivity contribution in [1.82, 2.24) is 9.97 Å². The van der Waals surface area contributed by atoms with E-state index in [4.69, 9.17) is 0 Å². The molecule has 2 aromatic rings. The van der Waals surface area contributed by atoms with Crippen molar-refractivity contribution in [2.24, 2.45) is 0 Å². The van der Waals surface area contributed by atoms with Gasteiger partial charge >= 0.3 is 0 Å². The smallest absolute Gasteiger partial charge is 0.0891 e. The standard InChI is InChI=1S/C11H12N2/c1-7-4-9(3)13-11-6-12-8(2)5-10(7)11/h4-6H,1-3H3. The lowest BCUT2D eigenvalue weighted by molar-refractivity contribution is 1.17. The highest BCUT2D eigenvalue weighted by atomic mass is 14.7. The van der Waals surface area contributed by atoms with Crippen LogP contribution >= 0.6 is 0 Å². The van der Waals surface area contributed by atoms with Crippen LogP contribution in [0.25, 0.3) is 10.9 Å². The van der Waals surface area contributed by atoms with Gasteiger partial charge in [-0.25, -0.2) is 0 Å². The highest BCUT2D eigenvalue weighted by molar-refractivity contribution is 5.81. The van der Waals surface area contributed by atoms with Crippen molar-refractivity contribution in [1.29, 1.82) is 0 Å². The zero-order chi connectivity index (χ0) is 9.42. The lowest BCUT2D eigenvalue weighted by atomic mass is 10.1. The highest BCUT2D eigenvalue weighted by Gasteiger charge is 2.00. The van der Waals surface area contributed by atoms with E-state index in [1.165, 1.54) is 10.9 Å². The Morgan fingerprint density at radius 2 is 1.77 bits per heavy atom. The van der Waals surface area contributed by atoms with Gasteiger partial charge in [-0.05, 0) is 38.5 Å². The van der Waals surface area contributed by atoms with E-state index in [9.17, 15) is 0 Å². The SMILES string of the molecule is Cc1cc2c(C)cc(C)nc2cn1. The van der Waals surface area contributed by atoms with E-state index in [0.717, 1.165) is 16.9 Å². The summed E-state index contributed by atoms with van der Waals surface area (Å²) >= 11 is 0. The molecule has 0 fully saturated rings. The van der Waals surface area contributed by atoms with Crippen LogP contribution < -0.4 is 0 Å². The predicted molar refractivity (Wildman–Crippen MR) is 53.7 cm³/mol. The van der Waals surface area contributed by atoms with Crippen LogP contribution in [0.5, 0.6) is 0 Å². The molecule has 2 rings (SSSR count). The number of pyridine rings is 2. The molecule has 0 aromatic carbocycles. The molecule has 0 saturated heterocycles. The van der Waals surface area contributed by atoms with Crippen LogP contribution in [0.3, 0.4) is 0 Å². The van der Waals surface area contributed by atoms with Crippen molar-refractivity contribution in [3.05, 3.63) is 35.3 Å². The number of aromatic nitrogens is 2. The number of hydrogen-bond donors (Lipinski definition) is 0. The van der Waals surface area contributed by atoms with Crippen LogP contribution in [0.15, 0.2) is 18.3 Å². The Hall–Kier alpha value is -1.44. The number of nitrogens with zero attached hydrogens (tertiary/aromatic N) is 2. The summed E-state index contributed by atoms with van der Waals surface area (Å²) in [6.07, 6.45) is 1.84. The van der Waals surface area contributed by atoms with Crippen molar-refractivity contribution in [2.45, 2.75) is 20.8 Å². The van der Waals surface area contributed by atoms with E-state index in [2.05, 4.69) is 29.0 Å². The van der Waals surface area contributed by atoms with Gasteiger partial charge in [0.05, 0.1) is 11.7 Å². The number of hydrogen-bond acceptors (Lipinski definition) is 2. The Morgan fingerprint density at radius 3 is 2.54 bits per heavy atom. The molecule has 66 valence electrons. The molecule has 2 heteroatoms. The molecule has 0 aliphatic heterocycles. The molecule has 0 amide bonds. The molecule has 2 heterocycles. The molecule has 0 bridgehead atoms. The van der Waals surface area contributed by atoms with Crippen LogP contribution in [-0.4, -0.2) is 9.97 Å². The van der Waals surface area contributed by atoms with Gasteiger partial charge in [0, 0.05) is 16.8 Å². The zero-order valence-corrected chi connectivity index (χ0v) is 8.13. The van der Waals surface area contributed by atoms with Gasteiger partial charge in [0.15, 0.2) is 0 Å². The van der Waals surface area contributed by atoms with Gasteiger partial charge in [0.2, 0.25) is 0 Å². The van der Waals surface area contributed by atoms with Crippen LogP contribution in [0, 0.1) is 20.8 Å². The summed E-state index contributed by atoms with van der Waals surface area (Å²) in [5, 5.41) is 1.21. The Bertz CT molecular complexity index is 461. The summed E-state index contributed by atoms with van der Waals surface area (Å²) in [4.78, 5) is 8.64. The molecule has 0 radical (unpaired) electrons. The van der Waals surface area contributed by atoms with E-state index in [-0.39, 0.29) is 0 Å². The Balaban J connectivity index is 2.87. The van der Waals surface area contributed by atoms with Crippen LogP contribution in [0.2, 0.25) is 0 Å². The fourth-order valence-electron chi connectivity index (χ4n) is 1.57. The average Bonchev–Trinajstić information content (AvgIpc) is 2.06. The fraction of sp³-hybridized carbons (Fsp3) is 0.273.